The van der Waals surface area contributed by atoms with E-state index < -0.39 is 0 Å². The number of nitrogens with one attached hydrogen (secondary N) is 1. The molecule has 0 unspecified atom stereocenters. The van der Waals surface area contributed by atoms with Crippen molar-refractivity contribution >= 4 is 43.9 Å². The van der Waals surface area contributed by atoms with Gasteiger partial charge in [0.2, 0.25) is 0 Å². The standard InChI is InChI=1S/C23H14N4O/c28-21-10-9-13-5-1-2-6-14(13)22(21)23-26-19-11-17-18(12-20(19)27-23)25-16-8-4-3-7-15(16)24-17/h1-12,24,28H. The Morgan fingerprint density at radius 2 is 1.43 bits per heavy atom. The number of para-hydroxylation sites is 2. The van der Waals surface area contributed by atoms with Crippen molar-refractivity contribution in [3.8, 4) is 17.1 Å². The van der Waals surface area contributed by atoms with Crippen LogP contribution in [0.3, 0.4) is 0 Å². The van der Waals surface area contributed by atoms with Crippen LogP contribution >= 0.6 is 0 Å². The molecule has 0 saturated heterocycles. The molecule has 2 heterocycles. The Kier molecular flexibility index (Phi) is 2.97. The van der Waals surface area contributed by atoms with E-state index in [1.165, 1.54) is 0 Å². The summed E-state index contributed by atoms with van der Waals surface area (Å²) in [6.07, 6.45) is 0. The highest BCUT2D eigenvalue weighted by molar-refractivity contribution is 6.01. The Labute approximate surface area is 159 Å². The number of aromatic hydroxyl groups is 1. The van der Waals surface area contributed by atoms with Crippen LogP contribution in [0.25, 0.3) is 55.3 Å². The zero-order valence-electron chi connectivity index (χ0n) is 14.7. The van der Waals surface area contributed by atoms with Gasteiger partial charge in [-0.05, 0) is 41.1 Å². The zero-order valence-corrected chi connectivity index (χ0v) is 14.7. The molecule has 0 bridgehead atoms. The maximum Gasteiger partial charge on any atom is 0.164 e. The van der Waals surface area contributed by atoms with E-state index >= 15 is 0 Å². The van der Waals surface area contributed by atoms with Crippen LogP contribution in [-0.2, 0) is 0 Å². The summed E-state index contributed by atoms with van der Waals surface area (Å²) >= 11 is 0. The fraction of sp³-hybridized carbons (Fsp3) is 0. The summed E-state index contributed by atoms with van der Waals surface area (Å²) in [5.74, 6) is 0.693. The highest BCUT2D eigenvalue weighted by atomic mass is 16.3. The summed E-state index contributed by atoms with van der Waals surface area (Å²) in [6, 6.07) is 23.3. The first kappa shape index (κ1) is 15.1. The van der Waals surface area contributed by atoms with Crippen LogP contribution in [0.4, 0.5) is 0 Å². The number of hydrogen-bond acceptors (Lipinski definition) is 4. The van der Waals surface area contributed by atoms with Gasteiger partial charge < -0.3 is 10.1 Å². The van der Waals surface area contributed by atoms with Gasteiger partial charge >= 0.3 is 0 Å². The average molecular weight is 362 g/mol. The van der Waals surface area contributed by atoms with E-state index in [0.717, 1.165) is 43.9 Å². The molecular formula is C23H14N4O. The fourth-order valence-corrected chi connectivity index (χ4v) is 3.75. The van der Waals surface area contributed by atoms with E-state index in [0.29, 0.717) is 11.4 Å². The summed E-state index contributed by atoms with van der Waals surface area (Å²) in [5, 5.41) is 12.5. The predicted molar refractivity (Wildman–Crippen MR) is 111 cm³/mol. The Hall–Kier alpha value is -3.99. The molecular weight excluding hydrogens is 348 g/mol. The zero-order chi connectivity index (χ0) is 18.7. The van der Waals surface area contributed by atoms with E-state index in [4.69, 9.17) is 15.0 Å². The minimum atomic E-state index is 0.175. The van der Waals surface area contributed by atoms with Gasteiger partial charge in [0.05, 0.1) is 38.7 Å². The number of nitrogens with zero attached hydrogens (tertiary/aromatic N) is 3. The number of rotatable bonds is 1. The molecule has 28 heavy (non-hydrogen) atoms. The first-order valence-electron chi connectivity index (χ1n) is 9.04. The van der Waals surface area contributed by atoms with Crippen LogP contribution in [0.5, 0.6) is 5.75 Å². The van der Waals surface area contributed by atoms with Crippen molar-refractivity contribution < 1.29 is 5.11 Å². The number of phenols is 1. The largest absolute Gasteiger partial charge is 0.507 e. The Morgan fingerprint density at radius 3 is 2.36 bits per heavy atom. The molecule has 0 spiro atoms. The van der Waals surface area contributed by atoms with Gasteiger partial charge in [0.15, 0.2) is 5.82 Å². The lowest BCUT2D eigenvalue weighted by molar-refractivity contribution is 0.477. The predicted octanol–water partition coefficient (Wildman–Crippen LogP) is 5.19. The molecule has 4 aromatic carbocycles. The van der Waals surface area contributed by atoms with Gasteiger partial charge in [0, 0.05) is 0 Å². The summed E-state index contributed by atoms with van der Waals surface area (Å²) in [4.78, 5) is 17.5. The summed E-state index contributed by atoms with van der Waals surface area (Å²) < 4.78 is 0. The molecule has 0 fully saturated rings. The molecule has 132 valence electrons. The number of aromatic amines is 1. The second kappa shape index (κ2) is 5.50. The van der Waals surface area contributed by atoms with E-state index in [-0.39, 0.29) is 5.75 Å². The van der Waals surface area contributed by atoms with Gasteiger partial charge in [0.1, 0.15) is 5.75 Å². The van der Waals surface area contributed by atoms with E-state index in [2.05, 4.69) is 4.98 Å². The molecule has 0 atom stereocenters. The minimum Gasteiger partial charge on any atom is -0.507 e. The Bertz CT molecular complexity index is 1460. The lowest BCUT2D eigenvalue weighted by Crippen LogP contribution is -1.87. The number of imidazole rings is 1. The van der Waals surface area contributed by atoms with Gasteiger partial charge in [0.25, 0.3) is 0 Å². The van der Waals surface area contributed by atoms with Crippen molar-refractivity contribution in [2.45, 2.75) is 0 Å². The van der Waals surface area contributed by atoms with Gasteiger partial charge in [-0.3, -0.25) is 0 Å². The third-order valence-electron chi connectivity index (χ3n) is 5.09. The van der Waals surface area contributed by atoms with Gasteiger partial charge in [-0.25, -0.2) is 15.0 Å². The third-order valence-corrected chi connectivity index (χ3v) is 5.09. The van der Waals surface area contributed by atoms with Gasteiger partial charge in [-0.15, -0.1) is 0 Å². The van der Waals surface area contributed by atoms with Crippen molar-refractivity contribution in [3.63, 3.8) is 0 Å². The monoisotopic (exact) mass is 362 g/mol. The number of phenolic OH excluding ortho intramolecular Hbond substituents is 1. The molecule has 6 aromatic rings. The highest BCUT2D eigenvalue weighted by Crippen LogP contribution is 2.36. The molecule has 0 aliphatic carbocycles. The first-order chi connectivity index (χ1) is 13.8. The second-order valence-corrected chi connectivity index (χ2v) is 6.84. The third kappa shape index (κ3) is 2.16. The summed E-state index contributed by atoms with van der Waals surface area (Å²) in [5.41, 5.74) is 5.79. The van der Waals surface area contributed by atoms with Gasteiger partial charge in [-0.1, -0.05) is 42.5 Å². The molecule has 5 heteroatoms. The smallest absolute Gasteiger partial charge is 0.164 e. The number of benzene rings is 4. The number of aromatic nitrogens is 4. The van der Waals surface area contributed by atoms with Gasteiger partial charge in [-0.2, -0.15) is 0 Å². The number of H-pyrrole nitrogens is 1. The van der Waals surface area contributed by atoms with Crippen LogP contribution in [0, 0.1) is 0 Å². The molecule has 2 aromatic heterocycles. The van der Waals surface area contributed by atoms with Crippen LogP contribution < -0.4 is 0 Å². The quantitative estimate of drug-likeness (QED) is 0.395. The lowest BCUT2D eigenvalue weighted by Gasteiger charge is -2.05. The fourth-order valence-electron chi connectivity index (χ4n) is 3.75. The lowest BCUT2D eigenvalue weighted by atomic mass is 10.0. The molecule has 2 N–H and O–H groups in total. The molecule has 5 nitrogen and oxygen atoms in total. The van der Waals surface area contributed by atoms with E-state index in [9.17, 15) is 5.11 Å². The molecule has 0 aliphatic heterocycles. The normalized spacial score (nSPS) is 11.7. The van der Waals surface area contributed by atoms with Crippen LogP contribution in [0.1, 0.15) is 0 Å². The summed E-state index contributed by atoms with van der Waals surface area (Å²) in [6.45, 7) is 0. The first-order valence-corrected chi connectivity index (χ1v) is 9.04. The second-order valence-electron chi connectivity index (χ2n) is 6.84. The number of fused-ring (bicyclic) bond motifs is 4. The van der Waals surface area contributed by atoms with Crippen LogP contribution in [0.2, 0.25) is 0 Å². The van der Waals surface area contributed by atoms with E-state index in [1.54, 1.807) is 6.07 Å². The van der Waals surface area contributed by atoms with E-state index in [1.807, 2.05) is 66.7 Å². The average Bonchev–Trinajstić information content (AvgIpc) is 3.12. The summed E-state index contributed by atoms with van der Waals surface area (Å²) in [7, 11) is 0. The maximum absolute atomic E-state index is 10.5. The molecule has 0 amide bonds. The number of hydrogen-bond donors (Lipinski definition) is 2. The van der Waals surface area contributed by atoms with Crippen molar-refractivity contribution in [2.24, 2.45) is 0 Å². The Morgan fingerprint density at radius 1 is 0.643 bits per heavy atom. The highest BCUT2D eigenvalue weighted by Gasteiger charge is 2.15. The van der Waals surface area contributed by atoms with Crippen LogP contribution in [-0.4, -0.2) is 25.0 Å². The minimum absolute atomic E-state index is 0.175. The van der Waals surface area contributed by atoms with Crippen LogP contribution in [0.15, 0.2) is 72.8 Å². The molecule has 0 radical (unpaired) electrons. The Balaban J connectivity index is 1.64. The SMILES string of the molecule is Oc1ccc2ccccc2c1-c1nc2cc3nc4ccccc4[nH]c3cc2n1. The van der Waals surface area contributed by atoms with Crippen molar-refractivity contribution in [3.05, 3.63) is 72.8 Å². The molecule has 0 aliphatic rings. The van der Waals surface area contributed by atoms with Crippen molar-refractivity contribution in [2.75, 3.05) is 0 Å². The van der Waals surface area contributed by atoms with Crippen molar-refractivity contribution in [1.29, 1.82) is 0 Å². The topological polar surface area (TPSA) is 74.7 Å². The van der Waals surface area contributed by atoms with Crippen molar-refractivity contribution in [1.82, 2.24) is 19.9 Å². The molecule has 6 rings (SSSR count). The molecule has 0 saturated carbocycles. The maximum atomic E-state index is 10.5.